The number of rotatable bonds is 11. The van der Waals surface area contributed by atoms with Gasteiger partial charge in [-0.3, -0.25) is 9.59 Å². The highest BCUT2D eigenvalue weighted by Gasteiger charge is 2.41. The van der Waals surface area contributed by atoms with Crippen LogP contribution in [0.2, 0.25) is 0 Å². The van der Waals surface area contributed by atoms with Gasteiger partial charge in [0.05, 0.1) is 20.3 Å². The van der Waals surface area contributed by atoms with E-state index in [1.165, 1.54) is 38.5 Å². The normalized spacial score (nSPS) is 11.4. The van der Waals surface area contributed by atoms with E-state index < -0.39 is 30.0 Å². The fraction of sp³-hybridized carbons (Fsp3) is 0.276. The summed E-state index contributed by atoms with van der Waals surface area (Å²) >= 11 is 0. The van der Waals surface area contributed by atoms with Crippen molar-refractivity contribution >= 4 is 18.0 Å². The average molecular weight is 522 g/mol. The van der Waals surface area contributed by atoms with Crippen LogP contribution in [-0.2, 0) is 20.9 Å². The Morgan fingerprint density at radius 1 is 0.684 bits per heavy atom. The molecule has 0 unspecified atom stereocenters. The number of amides is 1. The molecular formula is C29H31NO8. The Morgan fingerprint density at radius 2 is 1.13 bits per heavy atom. The first-order valence-corrected chi connectivity index (χ1v) is 12.0. The second kappa shape index (κ2) is 13.7. The molecule has 0 saturated heterocycles. The molecule has 0 aliphatic rings. The summed E-state index contributed by atoms with van der Waals surface area (Å²) in [6, 6.07) is 20.8. The quantitative estimate of drug-likeness (QED) is 0.218. The van der Waals surface area contributed by atoms with Crippen molar-refractivity contribution < 1.29 is 38.1 Å². The Balaban J connectivity index is 1.81. The minimum Gasteiger partial charge on any atom is -0.497 e. The fourth-order valence-corrected chi connectivity index (χ4v) is 3.57. The summed E-state index contributed by atoms with van der Waals surface area (Å²) in [6.07, 6.45) is -0.785. The molecule has 1 atom stereocenters. The largest absolute Gasteiger partial charge is 0.497 e. The van der Waals surface area contributed by atoms with Crippen molar-refractivity contribution in [1.82, 2.24) is 5.32 Å². The third-order valence-electron chi connectivity index (χ3n) is 5.64. The number of benzene rings is 3. The Morgan fingerprint density at radius 3 is 1.55 bits per heavy atom. The van der Waals surface area contributed by atoms with Crippen molar-refractivity contribution in [2.24, 2.45) is 11.8 Å². The lowest BCUT2D eigenvalue weighted by Crippen LogP contribution is -2.52. The summed E-state index contributed by atoms with van der Waals surface area (Å²) in [6.45, 7) is 3.54. The van der Waals surface area contributed by atoms with E-state index in [1.807, 2.05) is 30.3 Å². The number of methoxy groups -OCH3 is 2. The molecule has 0 aliphatic heterocycles. The maximum atomic E-state index is 13.3. The van der Waals surface area contributed by atoms with Crippen molar-refractivity contribution in [3.63, 3.8) is 0 Å². The van der Waals surface area contributed by atoms with Gasteiger partial charge in [-0.2, -0.15) is 0 Å². The van der Waals surface area contributed by atoms with E-state index in [4.69, 9.17) is 23.7 Å². The number of ether oxygens (including phenoxy) is 5. The molecule has 9 nitrogen and oxygen atoms in total. The minimum absolute atomic E-state index is 0.0226. The molecule has 1 N–H and O–H groups in total. The lowest BCUT2D eigenvalue weighted by atomic mass is 9.90. The highest BCUT2D eigenvalue weighted by atomic mass is 16.6. The molecule has 0 fully saturated rings. The zero-order valence-corrected chi connectivity index (χ0v) is 21.7. The van der Waals surface area contributed by atoms with Crippen molar-refractivity contribution in [1.29, 1.82) is 0 Å². The van der Waals surface area contributed by atoms with Crippen LogP contribution >= 0.6 is 0 Å². The van der Waals surface area contributed by atoms with E-state index in [-0.39, 0.29) is 24.0 Å². The van der Waals surface area contributed by atoms with Crippen LogP contribution in [0.25, 0.3) is 0 Å². The predicted octanol–water partition coefficient (Wildman–Crippen LogP) is 4.78. The maximum absolute atomic E-state index is 13.3. The van der Waals surface area contributed by atoms with Crippen molar-refractivity contribution in [3.05, 3.63) is 84.4 Å². The lowest BCUT2D eigenvalue weighted by molar-refractivity contribution is -0.153. The van der Waals surface area contributed by atoms with Gasteiger partial charge in [-0.1, -0.05) is 44.2 Å². The Hall–Kier alpha value is -4.53. The van der Waals surface area contributed by atoms with E-state index in [2.05, 4.69) is 5.32 Å². The molecule has 0 bridgehead atoms. The van der Waals surface area contributed by atoms with Crippen LogP contribution in [0.5, 0.6) is 23.0 Å². The van der Waals surface area contributed by atoms with Gasteiger partial charge in [0.25, 0.3) is 0 Å². The van der Waals surface area contributed by atoms with Gasteiger partial charge in [-0.25, -0.2) is 4.79 Å². The molecule has 0 heterocycles. The molecule has 0 saturated carbocycles. The van der Waals surface area contributed by atoms with Crippen LogP contribution in [0, 0.1) is 11.8 Å². The smallest absolute Gasteiger partial charge is 0.407 e. The molecule has 0 aliphatic carbocycles. The number of carbonyl (C=O) groups is 3. The molecule has 38 heavy (non-hydrogen) atoms. The summed E-state index contributed by atoms with van der Waals surface area (Å²) in [7, 11) is 3.03. The Bertz CT molecular complexity index is 1130. The number of hydrogen-bond acceptors (Lipinski definition) is 8. The van der Waals surface area contributed by atoms with E-state index in [0.29, 0.717) is 11.5 Å². The zero-order valence-electron chi connectivity index (χ0n) is 21.7. The van der Waals surface area contributed by atoms with Gasteiger partial charge in [0.2, 0.25) is 0 Å². The van der Waals surface area contributed by atoms with Crippen LogP contribution in [-0.4, -0.2) is 38.3 Å². The van der Waals surface area contributed by atoms with Gasteiger partial charge >= 0.3 is 18.0 Å². The number of nitrogens with one attached hydrogen (secondary N) is 1. The van der Waals surface area contributed by atoms with E-state index in [1.54, 1.807) is 38.1 Å². The van der Waals surface area contributed by atoms with Crippen LogP contribution in [0.3, 0.4) is 0 Å². The van der Waals surface area contributed by atoms with Crippen LogP contribution < -0.4 is 24.3 Å². The minimum atomic E-state index is -1.50. The number of alkyl carbamates (subject to hydrolysis) is 1. The maximum Gasteiger partial charge on any atom is 0.407 e. The van der Waals surface area contributed by atoms with E-state index >= 15 is 0 Å². The average Bonchev–Trinajstić information content (AvgIpc) is 2.93. The van der Waals surface area contributed by atoms with Gasteiger partial charge in [-0.15, -0.1) is 0 Å². The first-order valence-electron chi connectivity index (χ1n) is 12.0. The third-order valence-corrected chi connectivity index (χ3v) is 5.64. The highest BCUT2D eigenvalue weighted by Crippen LogP contribution is 2.24. The summed E-state index contributed by atoms with van der Waals surface area (Å²) in [5, 5.41) is 2.65. The first-order chi connectivity index (χ1) is 18.3. The topological polar surface area (TPSA) is 109 Å². The standard InChI is InChI=1S/C29H31NO8/c1-19(2)26(30-29(33)36-18-20-8-6-5-7-9-20)25(27(31)37-23-14-10-21(34-3)11-15-23)28(32)38-24-16-12-22(35-4)13-17-24/h5-17,19,25-26H,18H2,1-4H3,(H,30,33)/t26-/m1/s1. The highest BCUT2D eigenvalue weighted by molar-refractivity contribution is 5.98. The molecule has 3 aromatic rings. The number of carbonyl (C=O) groups excluding carboxylic acids is 3. The number of hydrogen-bond donors (Lipinski definition) is 1. The van der Waals surface area contributed by atoms with Crippen molar-refractivity contribution in [2.45, 2.75) is 26.5 Å². The van der Waals surface area contributed by atoms with Crippen LogP contribution in [0.15, 0.2) is 78.9 Å². The Labute approximate surface area is 221 Å². The molecule has 0 spiro atoms. The molecule has 1 amide bonds. The van der Waals surface area contributed by atoms with E-state index in [0.717, 1.165) is 5.56 Å². The molecule has 3 rings (SSSR count). The fourth-order valence-electron chi connectivity index (χ4n) is 3.57. The van der Waals surface area contributed by atoms with Gasteiger partial charge < -0.3 is 29.0 Å². The predicted molar refractivity (Wildman–Crippen MR) is 139 cm³/mol. The van der Waals surface area contributed by atoms with Crippen LogP contribution in [0.1, 0.15) is 19.4 Å². The third kappa shape index (κ3) is 7.99. The summed E-state index contributed by atoms with van der Waals surface area (Å²) < 4.78 is 26.6. The molecule has 200 valence electrons. The second-order valence-electron chi connectivity index (χ2n) is 8.65. The van der Waals surface area contributed by atoms with E-state index in [9.17, 15) is 14.4 Å². The molecular weight excluding hydrogens is 490 g/mol. The summed E-state index contributed by atoms with van der Waals surface area (Å²) in [4.78, 5) is 39.4. The first kappa shape index (κ1) is 28.0. The molecule has 9 heteroatoms. The van der Waals surface area contributed by atoms with Gasteiger partial charge in [0, 0.05) is 0 Å². The van der Waals surface area contributed by atoms with Gasteiger partial charge in [-0.05, 0) is 60.0 Å². The van der Waals surface area contributed by atoms with Crippen molar-refractivity contribution in [3.8, 4) is 23.0 Å². The second-order valence-corrected chi connectivity index (χ2v) is 8.65. The monoisotopic (exact) mass is 521 g/mol. The molecule has 0 radical (unpaired) electrons. The van der Waals surface area contributed by atoms with Gasteiger partial charge in [0.1, 0.15) is 29.6 Å². The SMILES string of the molecule is COc1ccc(OC(=O)C(C(=O)Oc2ccc(OC)cc2)[C@H](NC(=O)OCc2ccccc2)C(C)C)cc1. The summed E-state index contributed by atoms with van der Waals surface area (Å²) in [5.41, 5.74) is 0.790. The lowest BCUT2D eigenvalue weighted by Gasteiger charge is -2.28. The number of esters is 2. The molecule has 0 aromatic heterocycles. The van der Waals surface area contributed by atoms with Crippen LogP contribution in [0.4, 0.5) is 4.79 Å². The summed E-state index contributed by atoms with van der Waals surface area (Å²) in [5.74, 6) is -2.10. The van der Waals surface area contributed by atoms with Crippen molar-refractivity contribution in [2.75, 3.05) is 14.2 Å². The Kier molecular flexibility index (Phi) is 10.1. The molecule has 3 aromatic carbocycles. The zero-order chi connectivity index (χ0) is 27.5. The van der Waals surface area contributed by atoms with Gasteiger partial charge in [0.15, 0.2) is 5.92 Å².